The van der Waals surface area contributed by atoms with Gasteiger partial charge in [0.15, 0.2) is 0 Å². The van der Waals surface area contributed by atoms with Crippen LogP contribution in [0.3, 0.4) is 0 Å². The molecule has 1 rings (SSSR count). The van der Waals surface area contributed by atoms with Gasteiger partial charge in [-0.3, -0.25) is 9.91 Å². The normalized spacial score (nSPS) is 17.2. The molecule has 0 aromatic carbocycles. The standard InChI is InChI=1S/C11H21N3O/c1-11(2)10-14(12-3)5-4-13-6-8-15-9-7-13/h10H,3-9H2,1-2H3. The lowest BCUT2D eigenvalue weighted by Gasteiger charge is -2.28. The summed E-state index contributed by atoms with van der Waals surface area (Å²) in [6, 6.07) is 0. The molecule has 15 heavy (non-hydrogen) atoms. The molecule has 1 saturated heterocycles. The molecule has 0 saturated carbocycles. The van der Waals surface area contributed by atoms with Gasteiger partial charge >= 0.3 is 0 Å². The van der Waals surface area contributed by atoms with Crippen LogP contribution in [0.1, 0.15) is 13.8 Å². The third-order valence-electron chi connectivity index (χ3n) is 2.34. The van der Waals surface area contributed by atoms with Crippen LogP contribution in [-0.2, 0) is 4.74 Å². The molecule has 0 amide bonds. The smallest absolute Gasteiger partial charge is 0.0594 e. The highest BCUT2D eigenvalue weighted by molar-refractivity contribution is 5.23. The summed E-state index contributed by atoms with van der Waals surface area (Å²) in [6.07, 6.45) is 2.02. The van der Waals surface area contributed by atoms with E-state index in [-0.39, 0.29) is 0 Å². The Hall–Kier alpha value is -0.870. The average Bonchev–Trinajstić information content (AvgIpc) is 2.25. The Morgan fingerprint density at radius 1 is 1.47 bits per heavy atom. The van der Waals surface area contributed by atoms with Crippen LogP contribution in [0.5, 0.6) is 0 Å². The molecule has 0 N–H and O–H groups in total. The van der Waals surface area contributed by atoms with E-state index in [1.807, 2.05) is 11.2 Å². The van der Waals surface area contributed by atoms with Gasteiger partial charge in [0.05, 0.1) is 19.8 Å². The molecular formula is C11H21N3O. The summed E-state index contributed by atoms with van der Waals surface area (Å²) in [6.45, 7) is 13.4. The predicted octanol–water partition coefficient (Wildman–Crippen LogP) is 1.16. The van der Waals surface area contributed by atoms with Crippen molar-refractivity contribution in [2.24, 2.45) is 5.10 Å². The van der Waals surface area contributed by atoms with Crippen molar-refractivity contribution in [2.45, 2.75) is 13.8 Å². The van der Waals surface area contributed by atoms with Gasteiger partial charge in [0, 0.05) is 32.6 Å². The Morgan fingerprint density at radius 2 is 2.13 bits per heavy atom. The second-order valence-electron chi connectivity index (χ2n) is 3.96. The lowest BCUT2D eigenvalue weighted by molar-refractivity contribution is 0.0353. The van der Waals surface area contributed by atoms with E-state index in [1.54, 1.807) is 0 Å². The van der Waals surface area contributed by atoms with Gasteiger partial charge in [-0.25, -0.2) is 0 Å². The molecule has 1 heterocycles. The fraction of sp³-hybridized carbons (Fsp3) is 0.727. The predicted molar refractivity (Wildman–Crippen MR) is 62.9 cm³/mol. The third-order valence-corrected chi connectivity index (χ3v) is 2.34. The Balaban J connectivity index is 2.26. The molecule has 0 unspecified atom stereocenters. The second-order valence-corrected chi connectivity index (χ2v) is 3.96. The number of ether oxygens (including phenoxy) is 1. The number of hydrazone groups is 1. The highest BCUT2D eigenvalue weighted by Gasteiger charge is 2.10. The van der Waals surface area contributed by atoms with E-state index in [0.29, 0.717) is 0 Å². The van der Waals surface area contributed by atoms with Gasteiger partial charge in [0.2, 0.25) is 0 Å². The maximum absolute atomic E-state index is 5.29. The first-order valence-corrected chi connectivity index (χ1v) is 5.41. The summed E-state index contributed by atoms with van der Waals surface area (Å²) in [5.41, 5.74) is 1.24. The molecule has 4 nitrogen and oxygen atoms in total. The van der Waals surface area contributed by atoms with E-state index in [4.69, 9.17) is 4.74 Å². The number of morpholine rings is 1. The minimum atomic E-state index is 0.851. The van der Waals surface area contributed by atoms with Crippen LogP contribution in [0.4, 0.5) is 0 Å². The van der Waals surface area contributed by atoms with Gasteiger partial charge in [0.1, 0.15) is 0 Å². The van der Waals surface area contributed by atoms with Gasteiger partial charge < -0.3 is 4.74 Å². The lowest BCUT2D eigenvalue weighted by Crippen LogP contribution is -2.39. The van der Waals surface area contributed by atoms with Crippen molar-refractivity contribution in [3.8, 4) is 0 Å². The SMILES string of the molecule is C=NN(C=C(C)C)CCN1CCOCC1. The Bertz CT molecular complexity index is 218. The number of hydrogen-bond donors (Lipinski definition) is 0. The summed E-state index contributed by atoms with van der Waals surface area (Å²) in [4.78, 5) is 2.39. The molecule has 1 fully saturated rings. The molecule has 86 valence electrons. The average molecular weight is 211 g/mol. The summed E-state index contributed by atoms with van der Waals surface area (Å²) >= 11 is 0. The maximum Gasteiger partial charge on any atom is 0.0594 e. The highest BCUT2D eigenvalue weighted by Crippen LogP contribution is 2.00. The molecule has 0 radical (unpaired) electrons. The Labute approximate surface area is 92.2 Å². The van der Waals surface area contributed by atoms with Crippen molar-refractivity contribution in [1.29, 1.82) is 0 Å². The molecular weight excluding hydrogens is 190 g/mol. The monoisotopic (exact) mass is 211 g/mol. The fourth-order valence-electron chi connectivity index (χ4n) is 1.54. The zero-order valence-corrected chi connectivity index (χ0v) is 9.78. The fourth-order valence-corrected chi connectivity index (χ4v) is 1.54. The van der Waals surface area contributed by atoms with Gasteiger partial charge in [-0.05, 0) is 13.8 Å². The molecule has 0 aromatic rings. The van der Waals surface area contributed by atoms with E-state index < -0.39 is 0 Å². The van der Waals surface area contributed by atoms with Crippen molar-refractivity contribution in [2.75, 3.05) is 39.4 Å². The third kappa shape index (κ3) is 4.95. The van der Waals surface area contributed by atoms with Crippen molar-refractivity contribution in [1.82, 2.24) is 9.91 Å². The van der Waals surface area contributed by atoms with Gasteiger partial charge in [-0.15, -0.1) is 0 Å². The summed E-state index contributed by atoms with van der Waals surface area (Å²) in [5, 5.41) is 5.86. The van der Waals surface area contributed by atoms with Crippen molar-refractivity contribution in [3.63, 3.8) is 0 Å². The highest BCUT2D eigenvalue weighted by atomic mass is 16.5. The quantitative estimate of drug-likeness (QED) is 0.504. The first kappa shape index (κ1) is 12.2. The number of rotatable bonds is 5. The molecule has 0 spiro atoms. The van der Waals surface area contributed by atoms with Gasteiger partial charge in [-0.2, -0.15) is 5.10 Å². The van der Waals surface area contributed by atoms with Crippen molar-refractivity contribution >= 4 is 6.72 Å². The molecule has 0 atom stereocenters. The van der Waals surface area contributed by atoms with Crippen LogP contribution in [0.25, 0.3) is 0 Å². The summed E-state index contributed by atoms with van der Waals surface area (Å²) in [5.74, 6) is 0. The molecule has 0 aliphatic carbocycles. The van der Waals surface area contributed by atoms with E-state index in [1.165, 1.54) is 5.57 Å². The summed E-state index contributed by atoms with van der Waals surface area (Å²) in [7, 11) is 0. The van der Waals surface area contributed by atoms with Crippen molar-refractivity contribution in [3.05, 3.63) is 11.8 Å². The minimum absolute atomic E-state index is 0.851. The summed E-state index contributed by atoms with van der Waals surface area (Å²) < 4.78 is 5.29. The van der Waals surface area contributed by atoms with Crippen LogP contribution in [0.15, 0.2) is 16.9 Å². The van der Waals surface area contributed by atoms with E-state index in [0.717, 1.165) is 39.4 Å². The lowest BCUT2D eigenvalue weighted by atomic mass is 10.4. The van der Waals surface area contributed by atoms with Crippen LogP contribution in [0, 0.1) is 0 Å². The largest absolute Gasteiger partial charge is 0.379 e. The van der Waals surface area contributed by atoms with E-state index >= 15 is 0 Å². The molecule has 4 heteroatoms. The first-order valence-electron chi connectivity index (χ1n) is 5.41. The topological polar surface area (TPSA) is 28.1 Å². The molecule has 1 aliphatic heterocycles. The maximum atomic E-state index is 5.29. The van der Waals surface area contributed by atoms with Crippen molar-refractivity contribution < 1.29 is 4.74 Å². The molecule has 1 aliphatic rings. The van der Waals surface area contributed by atoms with E-state index in [9.17, 15) is 0 Å². The zero-order chi connectivity index (χ0) is 11.1. The van der Waals surface area contributed by atoms with Crippen LogP contribution >= 0.6 is 0 Å². The number of nitrogens with zero attached hydrogens (tertiary/aromatic N) is 3. The van der Waals surface area contributed by atoms with Gasteiger partial charge in [0.25, 0.3) is 0 Å². The molecule has 0 aromatic heterocycles. The Kier molecular flexibility index (Phi) is 5.36. The van der Waals surface area contributed by atoms with Crippen LogP contribution in [0.2, 0.25) is 0 Å². The van der Waals surface area contributed by atoms with E-state index in [2.05, 4.69) is 30.6 Å². The van der Waals surface area contributed by atoms with Gasteiger partial charge in [-0.1, -0.05) is 5.57 Å². The number of hydrogen-bond acceptors (Lipinski definition) is 4. The van der Waals surface area contributed by atoms with Crippen LogP contribution in [-0.4, -0.2) is 56.0 Å². The van der Waals surface area contributed by atoms with Crippen LogP contribution < -0.4 is 0 Å². The first-order chi connectivity index (χ1) is 7.22. The number of allylic oxidation sites excluding steroid dienone is 1. The molecule has 0 bridgehead atoms. The second kappa shape index (κ2) is 6.58. The minimum Gasteiger partial charge on any atom is -0.379 e. The zero-order valence-electron chi connectivity index (χ0n) is 9.78. The Morgan fingerprint density at radius 3 is 2.67 bits per heavy atom.